The molecule has 0 saturated carbocycles. The molecule has 100 valence electrons. The standard InChI is InChI=1S/C15H23NO2/c1-5-6-7-18-14-8-11(4)13(15(16)17)9-12(14)10(2)3/h8-10H,5-7H2,1-4H3,(H2,16,17). The molecule has 0 fully saturated rings. The Kier molecular flexibility index (Phi) is 5.20. The quantitative estimate of drug-likeness (QED) is 0.786. The van der Waals surface area contributed by atoms with Gasteiger partial charge < -0.3 is 10.5 Å². The first kappa shape index (κ1) is 14.6. The van der Waals surface area contributed by atoms with Crippen LogP contribution in [0.1, 0.15) is 61.0 Å². The maximum Gasteiger partial charge on any atom is 0.248 e. The molecule has 0 aliphatic rings. The van der Waals surface area contributed by atoms with Crippen molar-refractivity contribution < 1.29 is 9.53 Å². The minimum Gasteiger partial charge on any atom is -0.493 e. The Morgan fingerprint density at radius 3 is 2.56 bits per heavy atom. The molecule has 0 aromatic heterocycles. The molecule has 18 heavy (non-hydrogen) atoms. The number of aryl methyl sites for hydroxylation is 1. The smallest absolute Gasteiger partial charge is 0.248 e. The topological polar surface area (TPSA) is 52.3 Å². The number of carbonyl (C=O) groups is 1. The number of nitrogens with two attached hydrogens (primary N) is 1. The fraction of sp³-hybridized carbons (Fsp3) is 0.533. The predicted octanol–water partition coefficient (Wildman–Crippen LogP) is 3.40. The number of carbonyl (C=O) groups excluding carboxylic acids is 1. The summed E-state index contributed by atoms with van der Waals surface area (Å²) in [4.78, 5) is 11.3. The number of amides is 1. The van der Waals surface area contributed by atoms with Crippen molar-refractivity contribution in [2.45, 2.75) is 46.5 Å². The molecule has 1 aromatic rings. The van der Waals surface area contributed by atoms with E-state index in [0.717, 1.165) is 29.7 Å². The Morgan fingerprint density at radius 2 is 2.06 bits per heavy atom. The van der Waals surface area contributed by atoms with Gasteiger partial charge in [0, 0.05) is 5.56 Å². The van der Waals surface area contributed by atoms with Crippen LogP contribution in [0.5, 0.6) is 5.75 Å². The third kappa shape index (κ3) is 3.49. The summed E-state index contributed by atoms with van der Waals surface area (Å²) < 4.78 is 5.80. The second kappa shape index (κ2) is 6.43. The molecule has 0 aliphatic heterocycles. The van der Waals surface area contributed by atoms with Crippen molar-refractivity contribution in [1.82, 2.24) is 0 Å². The van der Waals surface area contributed by atoms with E-state index in [1.807, 2.05) is 19.1 Å². The molecule has 3 nitrogen and oxygen atoms in total. The fourth-order valence-electron chi connectivity index (χ4n) is 1.87. The highest BCUT2D eigenvalue weighted by Crippen LogP contribution is 2.30. The number of hydrogen-bond donors (Lipinski definition) is 1. The summed E-state index contributed by atoms with van der Waals surface area (Å²) in [6.07, 6.45) is 2.14. The largest absolute Gasteiger partial charge is 0.493 e. The van der Waals surface area contributed by atoms with Gasteiger partial charge in [-0.25, -0.2) is 0 Å². The minimum atomic E-state index is -0.380. The molecular weight excluding hydrogens is 226 g/mol. The first-order valence-corrected chi connectivity index (χ1v) is 6.54. The summed E-state index contributed by atoms with van der Waals surface area (Å²) in [5, 5.41) is 0. The van der Waals surface area contributed by atoms with Gasteiger partial charge in [0.15, 0.2) is 0 Å². The SMILES string of the molecule is CCCCOc1cc(C)c(C(N)=O)cc1C(C)C. The van der Waals surface area contributed by atoms with Crippen molar-refractivity contribution in [1.29, 1.82) is 0 Å². The van der Waals surface area contributed by atoms with Gasteiger partial charge in [0.1, 0.15) is 5.75 Å². The number of hydrogen-bond acceptors (Lipinski definition) is 2. The number of unbranched alkanes of at least 4 members (excludes halogenated alkanes) is 1. The van der Waals surface area contributed by atoms with E-state index < -0.39 is 0 Å². The lowest BCUT2D eigenvalue weighted by atomic mass is 9.96. The Morgan fingerprint density at radius 1 is 1.39 bits per heavy atom. The summed E-state index contributed by atoms with van der Waals surface area (Å²) in [5.41, 5.74) is 7.88. The average Bonchev–Trinajstić information content (AvgIpc) is 2.28. The highest BCUT2D eigenvalue weighted by Gasteiger charge is 2.14. The number of rotatable bonds is 6. The van der Waals surface area contributed by atoms with Crippen molar-refractivity contribution in [2.75, 3.05) is 6.61 Å². The number of primary amides is 1. The third-order valence-electron chi connectivity index (χ3n) is 3.00. The highest BCUT2D eigenvalue weighted by molar-refractivity contribution is 5.94. The van der Waals surface area contributed by atoms with Crippen LogP contribution < -0.4 is 10.5 Å². The van der Waals surface area contributed by atoms with Crippen LogP contribution in [0.3, 0.4) is 0 Å². The Bertz CT molecular complexity index is 425. The number of benzene rings is 1. The van der Waals surface area contributed by atoms with E-state index in [-0.39, 0.29) is 5.91 Å². The third-order valence-corrected chi connectivity index (χ3v) is 3.00. The molecule has 0 aliphatic carbocycles. The lowest BCUT2D eigenvalue weighted by molar-refractivity contribution is 0.0999. The van der Waals surface area contributed by atoms with Gasteiger partial charge >= 0.3 is 0 Å². The summed E-state index contributed by atoms with van der Waals surface area (Å²) in [7, 11) is 0. The van der Waals surface area contributed by atoms with Crippen LogP contribution in [0.2, 0.25) is 0 Å². The maximum atomic E-state index is 11.3. The molecule has 0 unspecified atom stereocenters. The zero-order valence-electron chi connectivity index (χ0n) is 11.7. The molecular formula is C15H23NO2. The van der Waals surface area contributed by atoms with Gasteiger partial charge in [-0.3, -0.25) is 4.79 Å². The molecule has 1 aromatic carbocycles. The van der Waals surface area contributed by atoms with Gasteiger partial charge in [0.05, 0.1) is 6.61 Å². The lowest BCUT2D eigenvalue weighted by Crippen LogP contribution is -2.14. The minimum absolute atomic E-state index is 0.306. The van der Waals surface area contributed by atoms with E-state index >= 15 is 0 Å². The van der Waals surface area contributed by atoms with Crippen LogP contribution in [-0.4, -0.2) is 12.5 Å². The Balaban J connectivity index is 3.08. The zero-order chi connectivity index (χ0) is 13.7. The molecule has 1 rings (SSSR count). The maximum absolute atomic E-state index is 11.3. The molecule has 0 saturated heterocycles. The monoisotopic (exact) mass is 249 g/mol. The van der Waals surface area contributed by atoms with E-state index in [1.165, 1.54) is 0 Å². The summed E-state index contributed by atoms with van der Waals surface area (Å²) in [6, 6.07) is 3.79. The van der Waals surface area contributed by atoms with E-state index in [4.69, 9.17) is 10.5 Å². The second-order valence-corrected chi connectivity index (χ2v) is 4.93. The van der Waals surface area contributed by atoms with Gasteiger partial charge in [0.25, 0.3) is 0 Å². The van der Waals surface area contributed by atoms with Crippen LogP contribution in [0, 0.1) is 6.92 Å². The summed E-state index contributed by atoms with van der Waals surface area (Å²) in [5.74, 6) is 0.802. The Labute approximate surface area is 109 Å². The second-order valence-electron chi connectivity index (χ2n) is 4.93. The van der Waals surface area contributed by atoms with Crippen molar-refractivity contribution >= 4 is 5.91 Å². The fourth-order valence-corrected chi connectivity index (χ4v) is 1.87. The molecule has 0 spiro atoms. The van der Waals surface area contributed by atoms with Crippen LogP contribution in [0.4, 0.5) is 0 Å². The Hall–Kier alpha value is -1.51. The van der Waals surface area contributed by atoms with E-state index in [0.29, 0.717) is 18.1 Å². The summed E-state index contributed by atoms with van der Waals surface area (Å²) >= 11 is 0. The van der Waals surface area contributed by atoms with Crippen LogP contribution in [0.25, 0.3) is 0 Å². The number of ether oxygens (including phenoxy) is 1. The van der Waals surface area contributed by atoms with Gasteiger partial charge in [-0.2, -0.15) is 0 Å². The van der Waals surface area contributed by atoms with Crippen LogP contribution >= 0.6 is 0 Å². The van der Waals surface area contributed by atoms with Crippen molar-refractivity contribution in [2.24, 2.45) is 5.73 Å². The van der Waals surface area contributed by atoms with E-state index in [1.54, 1.807) is 0 Å². The lowest BCUT2D eigenvalue weighted by Gasteiger charge is -2.16. The van der Waals surface area contributed by atoms with Gasteiger partial charge in [0.2, 0.25) is 5.91 Å². The van der Waals surface area contributed by atoms with E-state index in [9.17, 15) is 4.79 Å². The van der Waals surface area contributed by atoms with Crippen LogP contribution in [-0.2, 0) is 0 Å². The molecule has 1 amide bonds. The molecule has 0 bridgehead atoms. The van der Waals surface area contributed by atoms with Gasteiger partial charge in [-0.05, 0) is 42.5 Å². The average molecular weight is 249 g/mol. The molecule has 3 heteroatoms. The van der Waals surface area contributed by atoms with Crippen molar-refractivity contribution in [3.63, 3.8) is 0 Å². The van der Waals surface area contributed by atoms with Gasteiger partial charge in [-0.1, -0.05) is 27.2 Å². The molecule has 2 N–H and O–H groups in total. The molecule has 0 heterocycles. The highest BCUT2D eigenvalue weighted by atomic mass is 16.5. The van der Waals surface area contributed by atoms with Crippen LogP contribution in [0.15, 0.2) is 12.1 Å². The molecule has 0 atom stereocenters. The zero-order valence-corrected chi connectivity index (χ0v) is 11.7. The van der Waals surface area contributed by atoms with Gasteiger partial charge in [-0.15, -0.1) is 0 Å². The molecule has 0 radical (unpaired) electrons. The van der Waals surface area contributed by atoms with Crippen molar-refractivity contribution in [3.8, 4) is 5.75 Å². The predicted molar refractivity (Wildman–Crippen MR) is 74.2 cm³/mol. The summed E-state index contributed by atoms with van der Waals surface area (Å²) in [6.45, 7) is 8.90. The first-order valence-electron chi connectivity index (χ1n) is 6.54. The normalized spacial score (nSPS) is 10.7. The van der Waals surface area contributed by atoms with E-state index in [2.05, 4.69) is 20.8 Å². The first-order chi connectivity index (χ1) is 8.47. The van der Waals surface area contributed by atoms with Crippen molar-refractivity contribution in [3.05, 3.63) is 28.8 Å².